The van der Waals surface area contributed by atoms with Gasteiger partial charge in [-0.05, 0) is 23.6 Å². The van der Waals surface area contributed by atoms with Crippen molar-refractivity contribution in [1.82, 2.24) is 0 Å². The lowest BCUT2D eigenvalue weighted by Crippen LogP contribution is -2.13. The highest BCUT2D eigenvalue weighted by molar-refractivity contribution is 7.89. The van der Waals surface area contributed by atoms with Gasteiger partial charge in [0, 0.05) is 10.3 Å². The van der Waals surface area contributed by atoms with Gasteiger partial charge in [0.05, 0.1) is 4.90 Å². The largest absolute Gasteiger partial charge is 0.295 e. The average molecular weight is 319 g/mol. The van der Waals surface area contributed by atoms with E-state index >= 15 is 0 Å². The molecule has 6 nitrogen and oxygen atoms in total. The molecule has 2 aromatic carbocycles. The third-order valence-electron chi connectivity index (χ3n) is 2.51. The number of nitrogens with two attached hydrogens (primary N) is 1. The molecule has 0 radical (unpaired) electrons. The summed E-state index contributed by atoms with van der Waals surface area (Å²) in [5.41, 5.74) is 0. The second kappa shape index (κ2) is 4.46. The molecule has 9 heteroatoms. The van der Waals surface area contributed by atoms with Gasteiger partial charge in [-0.3, -0.25) is 4.55 Å². The van der Waals surface area contributed by atoms with Crippen LogP contribution in [0.3, 0.4) is 0 Å². The monoisotopic (exact) mass is 319 g/mol. The molecule has 0 unspecified atom stereocenters. The second-order valence-electron chi connectivity index (χ2n) is 3.81. The van der Waals surface area contributed by atoms with E-state index < -0.39 is 29.9 Å². The first-order valence-corrected chi connectivity index (χ1v) is 8.30. The Morgan fingerprint density at radius 2 is 1.68 bits per heavy atom. The number of primary sulfonamides is 1. The summed E-state index contributed by atoms with van der Waals surface area (Å²) in [5, 5.41) is 5.42. The molecule has 0 amide bonds. The zero-order chi connectivity index (χ0) is 14.4. The normalized spacial score (nSPS) is 12.8. The molecule has 0 aromatic heterocycles. The maximum Gasteiger partial charge on any atom is 0.295 e. The van der Waals surface area contributed by atoms with Crippen molar-refractivity contribution in [1.29, 1.82) is 0 Å². The topological polar surface area (TPSA) is 115 Å². The lowest BCUT2D eigenvalue weighted by Gasteiger charge is -2.08. The fourth-order valence-corrected chi connectivity index (χ4v) is 3.33. The Labute approximate surface area is 115 Å². The van der Waals surface area contributed by atoms with Crippen LogP contribution in [0.25, 0.3) is 10.8 Å². The molecule has 0 atom stereocenters. The average Bonchev–Trinajstić information content (AvgIpc) is 2.25. The van der Waals surface area contributed by atoms with Crippen LogP contribution >= 0.6 is 12.6 Å². The molecule has 0 heterocycles. The van der Waals surface area contributed by atoms with E-state index in [0.29, 0.717) is 4.90 Å². The molecule has 0 aliphatic carbocycles. The van der Waals surface area contributed by atoms with Crippen molar-refractivity contribution < 1.29 is 21.4 Å². The molecule has 0 bridgehead atoms. The molecular weight excluding hydrogens is 310 g/mol. The van der Waals surface area contributed by atoms with Crippen LogP contribution in [0.1, 0.15) is 0 Å². The predicted octanol–water partition coefficient (Wildman–Crippen LogP) is 1.02. The first kappa shape index (κ1) is 14.3. The number of fused-ring (bicyclic) bond motifs is 1. The summed E-state index contributed by atoms with van der Waals surface area (Å²) in [6.07, 6.45) is 0. The molecule has 3 N–H and O–H groups in total. The molecule has 0 aliphatic heterocycles. The molecule has 19 heavy (non-hydrogen) atoms. The number of thiol groups is 1. The molecular formula is C10H9NO5S3. The van der Waals surface area contributed by atoms with Gasteiger partial charge < -0.3 is 0 Å². The zero-order valence-corrected chi connectivity index (χ0v) is 11.8. The second-order valence-corrected chi connectivity index (χ2v) is 7.25. The summed E-state index contributed by atoms with van der Waals surface area (Å²) in [5.74, 6) is 0. The van der Waals surface area contributed by atoms with Crippen molar-refractivity contribution in [3.05, 3.63) is 30.3 Å². The maximum absolute atomic E-state index is 11.3. The summed E-state index contributed by atoms with van der Waals surface area (Å²) in [6, 6.07) is 6.56. The SMILES string of the molecule is NS(=O)(=O)c1cc(S(=O)(=O)O)c2cccc(S)c2c1. The molecule has 0 fully saturated rings. The molecule has 2 rings (SSSR count). The van der Waals surface area contributed by atoms with E-state index in [2.05, 4.69) is 12.6 Å². The fourth-order valence-electron chi connectivity index (χ4n) is 1.69. The van der Waals surface area contributed by atoms with Crippen LogP contribution in [0.15, 0.2) is 45.0 Å². The summed E-state index contributed by atoms with van der Waals surface area (Å²) < 4.78 is 54.5. The molecule has 102 valence electrons. The van der Waals surface area contributed by atoms with Gasteiger partial charge in [0.15, 0.2) is 0 Å². The number of hydrogen-bond donors (Lipinski definition) is 3. The minimum Gasteiger partial charge on any atom is -0.282 e. The van der Waals surface area contributed by atoms with E-state index in [9.17, 15) is 21.4 Å². The van der Waals surface area contributed by atoms with Crippen molar-refractivity contribution in [3.8, 4) is 0 Å². The summed E-state index contributed by atoms with van der Waals surface area (Å²) >= 11 is 4.12. The smallest absolute Gasteiger partial charge is 0.282 e. The Bertz CT molecular complexity index is 871. The van der Waals surface area contributed by atoms with Crippen LogP contribution in [-0.4, -0.2) is 21.4 Å². The summed E-state index contributed by atoms with van der Waals surface area (Å²) in [4.78, 5) is -0.563. The highest BCUT2D eigenvalue weighted by Crippen LogP contribution is 2.30. The van der Waals surface area contributed by atoms with E-state index in [0.717, 1.165) is 6.07 Å². The van der Waals surface area contributed by atoms with E-state index in [1.165, 1.54) is 18.2 Å². The number of hydrogen-bond acceptors (Lipinski definition) is 5. The third kappa shape index (κ3) is 2.74. The fraction of sp³-hybridized carbons (Fsp3) is 0. The number of benzene rings is 2. The van der Waals surface area contributed by atoms with Crippen molar-refractivity contribution in [2.75, 3.05) is 0 Å². The van der Waals surface area contributed by atoms with Gasteiger partial charge >= 0.3 is 0 Å². The predicted molar refractivity (Wildman–Crippen MR) is 72.4 cm³/mol. The van der Waals surface area contributed by atoms with E-state index in [1.54, 1.807) is 6.07 Å². The third-order valence-corrected chi connectivity index (χ3v) is 4.69. The van der Waals surface area contributed by atoms with Crippen molar-refractivity contribution in [2.24, 2.45) is 5.14 Å². The van der Waals surface area contributed by atoms with Crippen LogP contribution in [0.4, 0.5) is 0 Å². The van der Waals surface area contributed by atoms with Gasteiger partial charge in [-0.1, -0.05) is 12.1 Å². The Kier molecular flexibility index (Phi) is 3.35. The van der Waals surface area contributed by atoms with Gasteiger partial charge in [0.2, 0.25) is 10.0 Å². The Morgan fingerprint density at radius 3 is 2.21 bits per heavy atom. The van der Waals surface area contributed by atoms with E-state index in [1.807, 2.05) is 0 Å². The van der Waals surface area contributed by atoms with Crippen molar-refractivity contribution in [2.45, 2.75) is 14.7 Å². The Hall–Kier alpha value is -1.13. The number of rotatable bonds is 2. The first-order chi connectivity index (χ1) is 8.60. The van der Waals surface area contributed by atoms with Crippen molar-refractivity contribution >= 4 is 43.5 Å². The van der Waals surface area contributed by atoms with Crippen LogP contribution in [-0.2, 0) is 20.1 Å². The maximum atomic E-state index is 11.3. The molecule has 0 aliphatic rings. The van der Waals surface area contributed by atoms with Gasteiger partial charge in [0.1, 0.15) is 4.90 Å². The Balaban J connectivity index is 3.06. The van der Waals surface area contributed by atoms with Gasteiger partial charge in [-0.2, -0.15) is 8.42 Å². The molecule has 0 spiro atoms. The zero-order valence-electron chi connectivity index (χ0n) is 9.31. The molecule has 2 aromatic rings. The van der Waals surface area contributed by atoms with Crippen molar-refractivity contribution in [3.63, 3.8) is 0 Å². The van der Waals surface area contributed by atoms with Gasteiger partial charge in [-0.15, -0.1) is 12.6 Å². The molecule has 0 saturated heterocycles. The summed E-state index contributed by atoms with van der Waals surface area (Å²) in [6.45, 7) is 0. The highest BCUT2D eigenvalue weighted by Gasteiger charge is 2.20. The van der Waals surface area contributed by atoms with Crippen LogP contribution in [0, 0.1) is 0 Å². The lowest BCUT2D eigenvalue weighted by atomic mass is 10.1. The van der Waals surface area contributed by atoms with Crippen LogP contribution in [0.2, 0.25) is 0 Å². The quantitative estimate of drug-likeness (QED) is 0.565. The molecule has 0 saturated carbocycles. The van der Waals surface area contributed by atoms with Crippen LogP contribution in [0.5, 0.6) is 0 Å². The van der Waals surface area contributed by atoms with Gasteiger partial charge in [0.25, 0.3) is 10.1 Å². The lowest BCUT2D eigenvalue weighted by molar-refractivity contribution is 0.484. The Morgan fingerprint density at radius 1 is 1.05 bits per heavy atom. The number of sulfonamides is 1. The van der Waals surface area contributed by atoms with Gasteiger partial charge in [-0.25, -0.2) is 13.6 Å². The first-order valence-electron chi connectivity index (χ1n) is 4.87. The highest BCUT2D eigenvalue weighted by atomic mass is 32.2. The minimum absolute atomic E-state index is 0.169. The summed E-state index contributed by atoms with van der Waals surface area (Å²) in [7, 11) is -8.69. The van der Waals surface area contributed by atoms with Crippen LogP contribution < -0.4 is 5.14 Å². The minimum atomic E-state index is -4.58. The standard InChI is InChI=1S/C10H9NO5S3/c11-18(12,13)6-4-8-7(2-1-3-9(8)17)10(5-6)19(14,15)16/h1-5,17H,(H2,11,12,13)(H,14,15,16). The van der Waals surface area contributed by atoms with E-state index in [4.69, 9.17) is 5.14 Å². The van der Waals surface area contributed by atoms with E-state index in [-0.39, 0.29) is 10.8 Å².